The molecule has 7 nitrogen and oxygen atoms in total. The fourth-order valence-electron chi connectivity index (χ4n) is 3.54. The van der Waals surface area contributed by atoms with Gasteiger partial charge in [0.1, 0.15) is 23.2 Å². The molecule has 0 saturated heterocycles. The normalized spacial score (nSPS) is 20.4. The van der Waals surface area contributed by atoms with Gasteiger partial charge in [-0.2, -0.15) is 0 Å². The topological polar surface area (TPSA) is 90.7 Å². The number of rotatable bonds is 4. The molecule has 162 valence electrons. The number of aryl methyl sites for hydroxylation is 1. The van der Waals surface area contributed by atoms with Crippen LogP contribution in [0, 0.1) is 5.92 Å². The third-order valence-corrected chi connectivity index (χ3v) is 7.01. The van der Waals surface area contributed by atoms with Crippen LogP contribution in [0.3, 0.4) is 0 Å². The van der Waals surface area contributed by atoms with Crippen LogP contribution in [0.4, 0.5) is 0 Å². The van der Waals surface area contributed by atoms with Crippen LogP contribution in [0.2, 0.25) is 0 Å². The summed E-state index contributed by atoms with van der Waals surface area (Å²) in [5, 5.41) is 13.9. The Labute approximate surface area is 182 Å². The Morgan fingerprint density at radius 1 is 1.13 bits per heavy atom. The van der Waals surface area contributed by atoms with Crippen LogP contribution in [-0.2, 0) is 17.8 Å². The molecule has 31 heavy (non-hydrogen) atoms. The molecule has 0 fully saturated rings. The number of nitrogens with zero attached hydrogens (tertiary/aromatic N) is 2. The molecule has 1 aliphatic heterocycles. The summed E-state index contributed by atoms with van der Waals surface area (Å²) in [5.41, 5.74) is 0.0231. The first-order valence-corrected chi connectivity index (χ1v) is 11.1. The van der Waals surface area contributed by atoms with Crippen molar-refractivity contribution in [1.82, 2.24) is 9.78 Å². The first-order chi connectivity index (χ1) is 14.7. The fraction of sp³-hybridized carbons (Fsp3) is 0.304. The summed E-state index contributed by atoms with van der Waals surface area (Å²) in [6.45, 7) is 6.00. The number of aromatic nitrogens is 2. The van der Waals surface area contributed by atoms with E-state index in [9.17, 15) is 14.1 Å². The molecule has 1 aromatic heterocycles. The second-order valence-electron chi connectivity index (χ2n) is 8.13. The molecule has 1 N–H and O–H groups in total. The van der Waals surface area contributed by atoms with E-state index in [1.807, 2.05) is 26.8 Å². The highest BCUT2D eigenvalue weighted by atomic mass is 32.2. The van der Waals surface area contributed by atoms with Gasteiger partial charge < -0.3 is 14.6 Å². The highest BCUT2D eigenvalue weighted by molar-refractivity contribution is 7.85. The number of aromatic hydroxyl groups is 1. The second kappa shape index (κ2) is 7.85. The van der Waals surface area contributed by atoms with Crippen molar-refractivity contribution in [2.24, 2.45) is 13.0 Å². The highest BCUT2D eigenvalue weighted by Gasteiger charge is 2.43. The minimum Gasteiger partial charge on any atom is -0.508 e. The Kier molecular flexibility index (Phi) is 5.35. The van der Waals surface area contributed by atoms with Gasteiger partial charge in [0.05, 0.1) is 10.8 Å². The van der Waals surface area contributed by atoms with Crippen molar-refractivity contribution >= 4 is 10.8 Å². The predicted molar refractivity (Wildman–Crippen MR) is 116 cm³/mol. The molecule has 3 atom stereocenters. The largest absolute Gasteiger partial charge is 0.508 e. The van der Waals surface area contributed by atoms with Gasteiger partial charge in [-0.15, -0.1) is 5.10 Å². The van der Waals surface area contributed by atoms with Crippen LogP contribution in [0.1, 0.15) is 32.4 Å². The zero-order valence-corrected chi connectivity index (χ0v) is 18.6. The summed E-state index contributed by atoms with van der Waals surface area (Å²) in [7, 11) is 0.0806. The molecule has 3 aromatic rings. The average Bonchev–Trinajstić information content (AvgIpc) is 2.73. The van der Waals surface area contributed by atoms with Crippen LogP contribution in [-0.4, -0.2) is 24.7 Å². The monoisotopic (exact) mass is 440 g/mol. The molecule has 0 bridgehead atoms. The molecule has 0 amide bonds. The van der Waals surface area contributed by atoms with Crippen LogP contribution in [0.25, 0.3) is 0 Å². The van der Waals surface area contributed by atoms with Crippen molar-refractivity contribution in [3.63, 3.8) is 0 Å². The highest BCUT2D eigenvalue weighted by Crippen LogP contribution is 2.46. The lowest BCUT2D eigenvalue weighted by Gasteiger charge is -2.43. The Hall–Kier alpha value is -3.13. The number of hydrogen-bond acceptors (Lipinski definition) is 6. The van der Waals surface area contributed by atoms with Gasteiger partial charge in [-0.3, -0.25) is 4.79 Å². The maximum Gasteiger partial charge on any atom is 0.266 e. The first kappa shape index (κ1) is 21.1. The van der Waals surface area contributed by atoms with Gasteiger partial charge in [0.15, 0.2) is 0 Å². The van der Waals surface area contributed by atoms with Crippen LogP contribution >= 0.6 is 0 Å². The molecule has 2 aromatic carbocycles. The Bertz CT molecular complexity index is 1220. The third-order valence-electron chi connectivity index (χ3n) is 5.64. The Balaban J connectivity index is 1.76. The zero-order chi connectivity index (χ0) is 22.3. The van der Waals surface area contributed by atoms with E-state index in [1.165, 1.54) is 22.9 Å². The van der Waals surface area contributed by atoms with E-state index in [4.69, 9.17) is 9.47 Å². The Morgan fingerprint density at radius 2 is 1.87 bits per heavy atom. The molecule has 3 unspecified atom stereocenters. The molecule has 1 aliphatic rings. The van der Waals surface area contributed by atoms with E-state index >= 15 is 0 Å². The van der Waals surface area contributed by atoms with Crippen LogP contribution < -0.4 is 15.0 Å². The molecule has 0 spiro atoms. The summed E-state index contributed by atoms with van der Waals surface area (Å²) < 4.78 is 26.8. The zero-order valence-electron chi connectivity index (χ0n) is 17.7. The molecular weight excluding hydrogens is 416 g/mol. The summed E-state index contributed by atoms with van der Waals surface area (Å²) in [4.78, 5) is 12.8. The maximum absolute atomic E-state index is 13.1. The number of hydrogen-bond donors (Lipinski definition) is 1. The molecule has 0 radical (unpaired) electrons. The average molecular weight is 441 g/mol. The summed E-state index contributed by atoms with van der Waals surface area (Å²) in [5.74, 6) is 0.963. The number of ether oxygens (including phenoxy) is 2. The van der Waals surface area contributed by atoms with Crippen molar-refractivity contribution in [3.05, 3.63) is 70.5 Å². The summed E-state index contributed by atoms with van der Waals surface area (Å²) in [6.07, 6.45) is -0.426. The van der Waals surface area contributed by atoms with E-state index in [0.717, 1.165) is 5.56 Å². The molecule has 0 aliphatic carbocycles. The second-order valence-corrected chi connectivity index (χ2v) is 9.61. The minimum atomic E-state index is -1.49. The Morgan fingerprint density at radius 3 is 2.58 bits per heavy atom. The SMILES string of the molecule is CC1C(Oc2ccc(=O)n(C)n2)c2cc(S(=O)c3cccc(O)c3)ccc2OC1(C)C. The molecule has 4 rings (SSSR count). The van der Waals surface area contributed by atoms with E-state index in [1.54, 1.807) is 37.4 Å². The molecule has 8 heteroatoms. The van der Waals surface area contributed by atoms with Gasteiger partial charge in [0.25, 0.3) is 5.56 Å². The van der Waals surface area contributed by atoms with Crippen LogP contribution in [0.5, 0.6) is 17.4 Å². The van der Waals surface area contributed by atoms with Gasteiger partial charge >= 0.3 is 0 Å². The number of benzene rings is 2. The van der Waals surface area contributed by atoms with E-state index < -0.39 is 22.5 Å². The van der Waals surface area contributed by atoms with Gasteiger partial charge in [0, 0.05) is 40.5 Å². The van der Waals surface area contributed by atoms with Gasteiger partial charge in [-0.25, -0.2) is 8.89 Å². The molecule has 0 saturated carbocycles. The fourth-order valence-corrected chi connectivity index (χ4v) is 4.67. The van der Waals surface area contributed by atoms with Crippen LogP contribution in [0.15, 0.2) is 69.2 Å². The maximum atomic E-state index is 13.1. The number of phenols is 1. The molecular formula is C23H24N2O5S. The van der Waals surface area contributed by atoms with Crippen molar-refractivity contribution in [2.75, 3.05) is 0 Å². The van der Waals surface area contributed by atoms with Crippen molar-refractivity contribution < 1.29 is 18.8 Å². The van der Waals surface area contributed by atoms with E-state index in [0.29, 0.717) is 21.4 Å². The van der Waals surface area contributed by atoms with Crippen molar-refractivity contribution in [3.8, 4) is 17.4 Å². The molecule has 2 heterocycles. The lowest BCUT2D eigenvalue weighted by molar-refractivity contribution is -0.0364. The minimum absolute atomic E-state index is 0.0597. The van der Waals surface area contributed by atoms with Crippen molar-refractivity contribution in [2.45, 2.75) is 42.3 Å². The smallest absolute Gasteiger partial charge is 0.266 e. The summed E-state index contributed by atoms with van der Waals surface area (Å²) in [6, 6.07) is 14.7. The number of fused-ring (bicyclic) bond motifs is 1. The van der Waals surface area contributed by atoms with E-state index in [2.05, 4.69) is 5.10 Å². The van der Waals surface area contributed by atoms with Gasteiger partial charge in [-0.05, 0) is 50.2 Å². The van der Waals surface area contributed by atoms with Gasteiger partial charge in [0.2, 0.25) is 5.88 Å². The lowest BCUT2D eigenvalue weighted by atomic mass is 9.81. The van der Waals surface area contributed by atoms with Crippen molar-refractivity contribution in [1.29, 1.82) is 0 Å². The first-order valence-electron chi connectivity index (χ1n) is 9.90. The van der Waals surface area contributed by atoms with E-state index in [-0.39, 0.29) is 17.2 Å². The lowest BCUT2D eigenvalue weighted by Crippen LogP contribution is -2.44. The predicted octanol–water partition coefficient (Wildman–Crippen LogP) is 3.58. The van der Waals surface area contributed by atoms with Gasteiger partial charge in [-0.1, -0.05) is 13.0 Å². The number of phenolic OH excluding ortho intramolecular Hbond substituents is 1. The quantitative estimate of drug-likeness (QED) is 0.667. The summed E-state index contributed by atoms with van der Waals surface area (Å²) >= 11 is 0. The third kappa shape index (κ3) is 4.07. The standard InChI is InChI=1S/C23H24N2O5S/c1-14-22(29-20-10-11-21(27)25(4)24-20)18-13-17(8-9-19(18)30-23(14,2)3)31(28)16-7-5-6-15(26)12-16/h5-14,22,26H,1-4H3.